The average molecular weight is 246 g/mol. The van der Waals surface area contributed by atoms with Crippen molar-refractivity contribution in [2.75, 3.05) is 0 Å². The zero-order valence-electron chi connectivity index (χ0n) is 8.74. The normalized spacial score (nSPS) is 17.1. The summed E-state index contributed by atoms with van der Waals surface area (Å²) in [5.74, 6) is 0. The first kappa shape index (κ1) is 12.7. The van der Waals surface area contributed by atoms with Crippen molar-refractivity contribution in [3.8, 4) is 0 Å². The van der Waals surface area contributed by atoms with Gasteiger partial charge in [-0.25, -0.2) is 0 Å². The van der Waals surface area contributed by atoms with Crippen LogP contribution in [0.5, 0.6) is 0 Å². The average Bonchev–Trinajstić information content (AvgIpc) is 2.56. The Morgan fingerprint density at radius 2 is 1.87 bits per heavy atom. The predicted molar refractivity (Wildman–Crippen MR) is 69.2 cm³/mol. The molecule has 0 N–H and O–H groups in total. The molecule has 0 spiro atoms. The fourth-order valence-electron chi connectivity index (χ4n) is 2.60. The molecular formula is C12H17Cl2N. The van der Waals surface area contributed by atoms with Crippen LogP contribution in [0.15, 0.2) is 12.1 Å². The molecule has 0 amide bonds. The summed E-state index contributed by atoms with van der Waals surface area (Å²) in [6.07, 6.45) is 11.2. The van der Waals surface area contributed by atoms with Crippen LogP contribution in [0.25, 0.3) is 6.08 Å². The minimum atomic E-state index is 0. The van der Waals surface area contributed by atoms with Crippen molar-refractivity contribution in [2.45, 2.75) is 38.6 Å². The van der Waals surface area contributed by atoms with Gasteiger partial charge in [-0.05, 0) is 49.8 Å². The molecule has 0 atom stereocenters. The van der Waals surface area contributed by atoms with E-state index in [1.807, 2.05) is 0 Å². The van der Waals surface area contributed by atoms with E-state index in [2.05, 4.69) is 22.8 Å². The molecule has 1 aromatic rings. The lowest BCUT2D eigenvalue weighted by Crippen LogP contribution is -2.10. The van der Waals surface area contributed by atoms with Crippen LogP contribution in [-0.2, 0) is 19.4 Å². The van der Waals surface area contributed by atoms with Gasteiger partial charge in [-0.1, -0.05) is 6.08 Å². The van der Waals surface area contributed by atoms with Gasteiger partial charge in [0.25, 0.3) is 0 Å². The molecule has 0 unspecified atom stereocenters. The molecule has 0 radical (unpaired) electrons. The molecule has 0 saturated carbocycles. The smallest absolute Gasteiger partial charge is 0.0408 e. The second kappa shape index (κ2) is 5.09. The third-order valence-electron chi connectivity index (χ3n) is 3.25. The van der Waals surface area contributed by atoms with Crippen molar-refractivity contribution in [1.29, 1.82) is 0 Å². The van der Waals surface area contributed by atoms with Crippen molar-refractivity contribution in [3.63, 3.8) is 0 Å². The van der Waals surface area contributed by atoms with E-state index in [1.54, 1.807) is 11.3 Å². The Hall–Kier alpha value is -0.400. The maximum atomic E-state index is 2.52. The van der Waals surface area contributed by atoms with Crippen LogP contribution < -0.4 is 0 Å². The molecule has 3 rings (SSSR count). The number of hydrogen-bond donors (Lipinski definition) is 0. The molecular weight excluding hydrogens is 229 g/mol. The van der Waals surface area contributed by atoms with Crippen LogP contribution in [0.1, 0.15) is 36.2 Å². The van der Waals surface area contributed by atoms with Crippen LogP contribution in [0, 0.1) is 0 Å². The number of aryl methyl sites for hydroxylation is 1. The van der Waals surface area contributed by atoms with E-state index in [4.69, 9.17) is 0 Å². The molecule has 2 aliphatic rings. The highest BCUT2D eigenvalue weighted by atomic mass is 35.5. The molecule has 1 aliphatic carbocycles. The fraction of sp³-hybridized carbons (Fsp3) is 0.500. The maximum Gasteiger partial charge on any atom is 0.0408 e. The lowest BCUT2D eigenvalue weighted by Gasteiger charge is -2.17. The summed E-state index contributed by atoms with van der Waals surface area (Å²) in [6, 6.07) is 2.39. The predicted octanol–water partition coefficient (Wildman–Crippen LogP) is 3.63. The molecule has 3 heteroatoms. The van der Waals surface area contributed by atoms with Gasteiger partial charge >= 0.3 is 0 Å². The van der Waals surface area contributed by atoms with Gasteiger partial charge in [0.05, 0.1) is 0 Å². The highest BCUT2D eigenvalue weighted by Crippen LogP contribution is 2.27. The maximum absolute atomic E-state index is 2.52. The first-order valence-corrected chi connectivity index (χ1v) is 5.33. The molecule has 1 aromatic heterocycles. The Kier molecular flexibility index (Phi) is 4.30. The second-order valence-electron chi connectivity index (χ2n) is 4.09. The van der Waals surface area contributed by atoms with Crippen LogP contribution in [0.3, 0.4) is 0 Å². The number of halogens is 2. The van der Waals surface area contributed by atoms with Gasteiger partial charge in [-0.3, -0.25) is 0 Å². The molecule has 0 saturated heterocycles. The zero-order valence-corrected chi connectivity index (χ0v) is 10.4. The number of hydrogen-bond acceptors (Lipinski definition) is 0. The van der Waals surface area contributed by atoms with E-state index in [0.29, 0.717) is 0 Å². The van der Waals surface area contributed by atoms with Gasteiger partial charge in [-0.2, -0.15) is 0 Å². The van der Waals surface area contributed by atoms with E-state index in [-0.39, 0.29) is 24.8 Å². The number of aromatic nitrogens is 1. The van der Waals surface area contributed by atoms with E-state index < -0.39 is 0 Å². The number of allylic oxidation sites excluding steroid dienone is 1. The standard InChI is InChI=1S/C12H15N.2ClH/c1-2-7-12-10(5-1)9-11-6-3-4-8-13(11)12;;/h3,6,9H,1-2,4-5,7-8H2;2*1H. The Morgan fingerprint density at radius 3 is 2.73 bits per heavy atom. The number of fused-ring (bicyclic) bond motifs is 3. The van der Waals surface area contributed by atoms with Gasteiger partial charge in [0.1, 0.15) is 0 Å². The minimum absolute atomic E-state index is 0. The molecule has 0 fully saturated rings. The lowest BCUT2D eigenvalue weighted by molar-refractivity contribution is 0.601. The third-order valence-corrected chi connectivity index (χ3v) is 3.25. The van der Waals surface area contributed by atoms with Crippen LogP contribution >= 0.6 is 24.8 Å². The topological polar surface area (TPSA) is 4.93 Å². The van der Waals surface area contributed by atoms with E-state index in [0.717, 1.165) is 0 Å². The van der Waals surface area contributed by atoms with Crippen molar-refractivity contribution < 1.29 is 0 Å². The zero-order chi connectivity index (χ0) is 8.67. The Morgan fingerprint density at radius 1 is 1.07 bits per heavy atom. The molecule has 0 aromatic carbocycles. The van der Waals surface area contributed by atoms with Crippen molar-refractivity contribution in [2.24, 2.45) is 0 Å². The van der Waals surface area contributed by atoms with Crippen LogP contribution in [-0.4, -0.2) is 4.57 Å². The van der Waals surface area contributed by atoms with Crippen molar-refractivity contribution in [1.82, 2.24) is 4.57 Å². The molecule has 1 aliphatic heterocycles. The van der Waals surface area contributed by atoms with Gasteiger partial charge < -0.3 is 4.57 Å². The van der Waals surface area contributed by atoms with E-state index >= 15 is 0 Å². The number of nitrogens with zero attached hydrogens (tertiary/aromatic N) is 1. The summed E-state index contributed by atoms with van der Waals surface area (Å²) >= 11 is 0. The van der Waals surface area contributed by atoms with E-state index in [9.17, 15) is 0 Å². The summed E-state index contributed by atoms with van der Waals surface area (Å²) < 4.78 is 2.52. The van der Waals surface area contributed by atoms with Crippen LogP contribution in [0.4, 0.5) is 0 Å². The highest BCUT2D eigenvalue weighted by Gasteiger charge is 2.17. The summed E-state index contributed by atoms with van der Waals surface area (Å²) in [5, 5.41) is 0. The molecule has 0 bridgehead atoms. The van der Waals surface area contributed by atoms with Gasteiger partial charge in [-0.15, -0.1) is 24.8 Å². The minimum Gasteiger partial charge on any atom is -0.345 e. The quantitative estimate of drug-likeness (QED) is 0.658. The van der Waals surface area contributed by atoms with Gasteiger partial charge in [0, 0.05) is 17.9 Å². The molecule has 84 valence electrons. The van der Waals surface area contributed by atoms with Crippen molar-refractivity contribution >= 4 is 30.9 Å². The second-order valence-corrected chi connectivity index (χ2v) is 4.09. The SMILES string of the molecule is C1=Cc2cc3c(n2CC1)CCCC3.Cl.Cl. The molecule has 1 nitrogen and oxygen atoms in total. The van der Waals surface area contributed by atoms with Crippen LogP contribution in [0.2, 0.25) is 0 Å². The summed E-state index contributed by atoms with van der Waals surface area (Å²) in [4.78, 5) is 0. The van der Waals surface area contributed by atoms with Gasteiger partial charge in [0.2, 0.25) is 0 Å². The Bertz CT molecular complexity index is 366. The molecule has 15 heavy (non-hydrogen) atoms. The fourth-order valence-corrected chi connectivity index (χ4v) is 2.60. The first-order chi connectivity index (χ1) is 6.45. The summed E-state index contributed by atoms with van der Waals surface area (Å²) in [5.41, 5.74) is 4.69. The monoisotopic (exact) mass is 245 g/mol. The highest BCUT2D eigenvalue weighted by molar-refractivity contribution is 5.85. The summed E-state index contributed by atoms with van der Waals surface area (Å²) in [6.45, 7) is 1.21. The largest absolute Gasteiger partial charge is 0.345 e. The number of rotatable bonds is 0. The third kappa shape index (κ3) is 2.09. The first-order valence-electron chi connectivity index (χ1n) is 5.33. The molecule has 2 heterocycles. The Balaban J connectivity index is 0.000000562. The van der Waals surface area contributed by atoms with E-state index in [1.165, 1.54) is 44.3 Å². The van der Waals surface area contributed by atoms with Crippen molar-refractivity contribution in [3.05, 3.63) is 29.1 Å². The van der Waals surface area contributed by atoms with Gasteiger partial charge in [0.15, 0.2) is 0 Å². The summed E-state index contributed by atoms with van der Waals surface area (Å²) in [7, 11) is 0. The Labute approximate surface area is 103 Å². The lowest BCUT2D eigenvalue weighted by atomic mass is 9.98.